The summed E-state index contributed by atoms with van der Waals surface area (Å²) in [5.41, 5.74) is 1.97. The first-order chi connectivity index (χ1) is 13.3. The largest absolute Gasteiger partial charge is 0.494 e. The van der Waals surface area contributed by atoms with Crippen molar-refractivity contribution in [2.75, 3.05) is 25.0 Å². The second-order valence-electron chi connectivity index (χ2n) is 6.39. The van der Waals surface area contributed by atoms with Gasteiger partial charge in [-0.25, -0.2) is 8.42 Å². The van der Waals surface area contributed by atoms with Crippen LogP contribution in [0.4, 0.5) is 5.69 Å². The number of anilines is 1. The first-order valence-electron chi connectivity index (χ1n) is 9.48. The number of sulfonamides is 1. The number of hydrogen-bond donors (Lipinski definition) is 1. The Morgan fingerprint density at radius 1 is 1.04 bits per heavy atom. The lowest BCUT2D eigenvalue weighted by Gasteiger charge is -2.18. The Hall–Kier alpha value is -2.38. The summed E-state index contributed by atoms with van der Waals surface area (Å²) in [6, 6.07) is 11.5. The van der Waals surface area contributed by atoms with Crippen LogP contribution >= 0.6 is 0 Å². The SMILES string of the molecule is CCCOc1ccc(NC(=O)c2ccc(S(=O)(=O)N(CC)CC)cc2)c(C)c1. The highest BCUT2D eigenvalue weighted by molar-refractivity contribution is 7.89. The first-order valence-corrected chi connectivity index (χ1v) is 10.9. The quantitative estimate of drug-likeness (QED) is 0.684. The normalized spacial score (nSPS) is 11.5. The number of aryl methyl sites for hydroxylation is 1. The third kappa shape index (κ3) is 5.11. The van der Waals surface area contributed by atoms with Crippen molar-refractivity contribution in [1.82, 2.24) is 4.31 Å². The molecule has 1 amide bonds. The molecule has 0 aliphatic heterocycles. The van der Waals surface area contributed by atoms with E-state index in [0.29, 0.717) is 30.9 Å². The molecular weight excluding hydrogens is 376 g/mol. The molecular formula is C21H28N2O4S. The molecule has 7 heteroatoms. The van der Waals surface area contributed by atoms with Crippen molar-refractivity contribution in [1.29, 1.82) is 0 Å². The maximum absolute atomic E-state index is 12.5. The molecule has 28 heavy (non-hydrogen) atoms. The van der Waals surface area contributed by atoms with Crippen LogP contribution in [-0.2, 0) is 10.0 Å². The van der Waals surface area contributed by atoms with Crippen LogP contribution in [0.5, 0.6) is 5.75 Å². The topological polar surface area (TPSA) is 75.7 Å². The number of nitrogens with zero attached hydrogens (tertiary/aromatic N) is 1. The number of nitrogens with one attached hydrogen (secondary N) is 1. The van der Waals surface area contributed by atoms with Crippen LogP contribution in [0.3, 0.4) is 0 Å². The number of carbonyl (C=O) groups is 1. The van der Waals surface area contributed by atoms with Crippen LogP contribution in [0, 0.1) is 6.92 Å². The van der Waals surface area contributed by atoms with Crippen molar-refractivity contribution in [2.24, 2.45) is 0 Å². The van der Waals surface area contributed by atoms with Crippen molar-refractivity contribution in [2.45, 2.75) is 39.0 Å². The zero-order chi connectivity index (χ0) is 20.7. The zero-order valence-electron chi connectivity index (χ0n) is 16.9. The van der Waals surface area contributed by atoms with Crippen molar-refractivity contribution < 1.29 is 17.9 Å². The monoisotopic (exact) mass is 404 g/mol. The molecule has 0 saturated carbocycles. The van der Waals surface area contributed by atoms with Gasteiger partial charge in [-0.1, -0.05) is 20.8 Å². The number of amides is 1. The predicted octanol–water partition coefficient (Wildman–Crippen LogP) is 4.07. The Kier molecular flexibility index (Phi) is 7.60. The third-order valence-electron chi connectivity index (χ3n) is 4.38. The number of rotatable bonds is 9. The van der Waals surface area contributed by atoms with E-state index in [2.05, 4.69) is 5.32 Å². The number of benzene rings is 2. The Morgan fingerprint density at radius 3 is 2.21 bits per heavy atom. The summed E-state index contributed by atoms with van der Waals surface area (Å²) in [5.74, 6) is 0.473. The van der Waals surface area contributed by atoms with E-state index in [1.54, 1.807) is 19.9 Å². The highest BCUT2D eigenvalue weighted by Gasteiger charge is 2.21. The fraction of sp³-hybridized carbons (Fsp3) is 0.381. The Labute approximate surface area is 167 Å². The molecule has 0 heterocycles. The van der Waals surface area contributed by atoms with E-state index in [1.807, 2.05) is 26.0 Å². The molecule has 0 unspecified atom stereocenters. The summed E-state index contributed by atoms with van der Waals surface area (Å²) in [4.78, 5) is 12.7. The highest BCUT2D eigenvalue weighted by atomic mass is 32.2. The smallest absolute Gasteiger partial charge is 0.255 e. The minimum atomic E-state index is -3.53. The summed E-state index contributed by atoms with van der Waals surface area (Å²) in [7, 11) is -3.53. The molecule has 6 nitrogen and oxygen atoms in total. The van der Waals surface area contributed by atoms with Crippen molar-refractivity contribution >= 4 is 21.6 Å². The zero-order valence-corrected chi connectivity index (χ0v) is 17.7. The van der Waals surface area contributed by atoms with Gasteiger partial charge in [0.2, 0.25) is 10.0 Å². The van der Waals surface area contributed by atoms with Gasteiger partial charge in [0, 0.05) is 24.3 Å². The molecule has 0 saturated heterocycles. The van der Waals surface area contributed by atoms with Gasteiger partial charge in [-0.05, 0) is 61.4 Å². The molecule has 1 N–H and O–H groups in total. The van der Waals surface area contributed by atoms with Crippen molar-refractivity contribution in [3.63, 3.8) is 0 Å². The van der Waals surface area contributed by atoms with E-state index < -0.39 is 10.0 Å². The number of carbonyl (C=O) groups excluding carboxylic acids is 1. The lowest BCUT2D eigenvalue weighted by atomic mass is 10.1. The lowest BCUT2D eigenvalue weighted by Crippen LogP contribution is -2.30. The van der Waals surface area contributed by atoms with Gasteiger partial charge in [0.25, 0.3) is 5.91 Å². The van der Waals surface area contributed by atoms with Gasteiger partial charge in [0.1, 0.15) is 5.75 Å². The Balaban J connectivity index is 2.13. The standard InChI is InChI=1S/C21H28N2O4S/c1-5-14-27-18-10-13-20(16(4)15-18)22-21(24)17-8-11-19(12-9-17)28(25,26)23(6-2)7-3/h8-13,15H,5-7,14H2,1-4H3,(H,22,24). The molecule has 0 spiro atoms. The van der Waals surface area contributed by atoms with Gasteiger partial charge in [-0.15, -0.1) is 0 Å². The van der Waals surface area contributed by atoms with E-state index in [-0.39, 0.29) is 10.8 Å². The van der Waals surface area contributed by atoms with Gasteiger partial charge >= 0.3 is 0 Å². The maximum atomic E-state index is 12.5. The Morgan fingerprint density at radius 2 is 1.68 bits per heavy atom. The van der Waals surface area contributed by atoms with E-state index >= 15 is 0 Å². The summed E-state index contributed by atoms with van der Waals surface area (Å²) in [6.45, 7) is 8.98. The number of hydrogen-bond acceptors (Lipinski definition) is 4. The highest BCUT2D eigenvalue weighted by Crippen LogP contribution is 2.23. The fourth-order valence-corrected chi connectivity index (χ4v) is 4.23. The molecule has 0 radical (unpaired) electrons. The van der Waals surface area contributed by atoms with Crippen LogP contribution in [-0.4, -0.2) is 38.3 Å². The van der Waals surface area contributed by atoms with Crippen LogP contribution in [0.1, 0.15) is 43.1 Å². The molecule has 2 aromatic carbocycles. The molecule has 152 valence electrons. The van der Waals surface area contributed by atoms with Crippen LogP contribution < -0.4 is 10.1 Å². The summed E-state index contributed by atoms with van der Waals surface area (Å²) in [5, 5.41) is 2.86. The third-order valence-corrected chi connectivity index (χ3v) is 6.44. The van der Waals surface area contributed by atoms with Crippen molar-refractivity contribution in [3.8, 4) is 5.75 Å². The molecule has 2 rings (SSSR count). The van der Waals surface area contributed by atoms with Crippen LogP contribution in [0.15, 0.2) is 47.4 Å². The molecule has 0 bridgehead atoms. The lowest BCUT2D eigenvalue weighted by molar-refractivity contribution is 0.102. The van der Waals surface area contributed by atoms with E-state index in [0.717, 1.165) is 17.7 Å². The summed E-state index contributed by atoms with van der Waals surface area (Å²) >= 11 is 0. The average Bonchev–Trinajstić information content (AvgIpc) is 2.69. The van der Waals surface area contributed by atoms with Gasteiger partial charge < -0.3 is 10.1 Å². The Bertz CT molecular complexity index is 905. The molecule has 0 aliphatic carbocycles. The summed E-state index contributed by atoms with van der Waals surface area (Å²) in [6.07, 6.45) is 0.928. The predicted molar refractivity (Wildman–Crippen MR) is 111 cm³/mol. The summed E-state index contributed by atoms with van der Waals surface area (Å²) < 4.78 is 32.0. The molecule has 0 aliphatic rings. The average molecular weight is 405 g/mol. The maximum Gasteiger partial charge on any atom is 0.255 e. The number of ether oxygens (including phenoxy) is 1. The molecule has 0 fully saturated rings. The van der Waals surface area contributed by atoms with E-state index in [1.165, 1.54) is 28.6 Å². The van der Waals surface area contributed by atoms with E-state index in [4.69, 9.17) is 4.74 Å². The van der Waals surface area contributed by atoms with Gasteiger partial charge in [0.15, 0.2) is 0 Å². The second kappa shape index (κ2) is 9.71. The van der Waals surface area contributed by atoms with Gasteiger partial charge in [-0.2, -0.15) is 4.31 Å². The molecule has 2 aromatic rings. The van der Waals surface area contributed by atoms with Crippen molar-refractivity contribution in [3.05, 3.63) is 53.6 Å². The molecule has 0 atom stereocenters. The first kappa shape index (κ1) is 21.9. The minimum absolute atomic E-state index is 0.182. The second-order valence-corrected chi connectivity index (χ2v) is 8.33. The van der Waals surface area contributed by atoms with Crippen LogP contribution in [0.25, 0.3) is 0 Å². The van der Waals surface area contributed by atoms with E-state index in [9.17, 15) is 13.2 Å². The van der Waals surface area contributed by atoms with Gasteiger partial charge in [-0.3, -0.25) is 4.79 Å². The fourth-order valence-electron chi connectivity index (χ4n) is 2.77. The minimum Gasteiger partial charge on any atom is -0.494 e. The van der Waals surface area contributed by atoms with Crippen LogP contribution in [0.2, 0.25) is 0 Å². The molecule has 0 aromatic heterocycles. The van der Waals surface area contributed by atoms with Gasteiger partial charge in [0.05, 0.1) is 11.5 Å².